The molecule has 0 N–H and O–H groups in total. The van der Waals surface area contributed by atoms with Crippen LogP contribution in [-0.4, -0.2) is 25.7 Å². The SMILES string of the molecule is C=C(C)C(=O)OCC12CC3CC(C#N)(C1)CC(C(=O)OC)(C3)C2. The lowest BCUT2D eigenvalue weighted by molar-refractivity contribution is -0.194. The van der Waals surface area contributed by atoms with Crippen molar-refractivity contribution in [2.24, 2.45) is 22.2 Å². The van der Waals surface area contributed by atoms with Gasteiger partial charge >= 0.3 is 11.9 Å². The largest absolute Gasteiger partial charge is 0.469 e. The molecular formula is C18H23NO4. The normalized spacial score (nSPS) is 40.3. The highest BCUT2D eigenvalue weighted by atomic mass is 16.5. The minimum absolute atomic E-state index is 0.211. The van der Waals surface area contributed by atoms with Gasteiger partial charge in [0.2, 0.25) is 0 Å². The fraction of sp³-hybridized carbons (Fsp3) is 0.722. The third kappa shape index (κ3) is 2.45. The van der Waals surface area contributed by atoms with E-state index < -0.39 is 16.8 Å². The second-order valence-corrected chi connectivity index (χ2v) is 8.03. The van der Waals surface area contributed by atoms with Crippen molar-refractivity contribution in [3.8, 4) is 6.07 Å². The van der Waals surface area contributed by atoms with Crippen LogP contribution in [0, 0.1) is 33.5 Å². The van der Waals surface area contributed by atoms with Crippen molar-refractivity contribution in [3.05, 3.63) is 12.2 Å². The van der Waals surface area contributed by atoms with Crippen LogP contribution in [0.25, 0.3) is 0 Å². The van der Waals surface area contributed by atoms with Crippen molar-refractivity contribution in [1.82, 2.24) is 0 Å². The molecule has 4 rings (SSSR count). The molecule has 4 bridgehead atoms. The van der Waals surface area contributed by atoms with Crippen molar-refractivity contribution in [1.29, 1.82) is 5.26 Å². The molecule has 124 valence electrons. The fourth-order valence-electron chi connectivity index (χ4n) is 5.71. The van der Waals surface area contributed by atoms with E-state index in [-0.39, 0.29) is 18.0 Å². The summed E-state index contributed by atoms with van der Waals surface area (Å²) in [4.78, 5) is 24.2. The number of nitriles is 1. The highest BCUT2D eigenvalue weighted by Crippen LogP contribution is 2.69. The molecule has 4 aliphatic carbocycles. The van der Waals surface area contributed by atoms with Gasteiger partial charge < -0.3 is 9.47 Å². The lowest BCUT2D eigenvalue weighted by Gasteiger charge is -2.63. The first kappa shape index (κ1) is 16.0. The molecule has 5 nitrogen and oxygen atoms in total. The van der Waals surface area contributed by atoms with Crippen LogP contribution in [0.3, 0.4) is 0 Å². The van der Waals surface area contributed by atoms with E-state index in [0.717, 1.165) is 19.3 Å². The van der Waals surface area contributed by atoms with Gasteiger partial charge in [0, 0.05) is 11.0 Å². The quantitative estimate of drug-likeness (QED) is 0.588. The molecule has 0 aromatic rings. The Morgan fingerprint density at radius 2 is 2.00 bits per heavy atom. The number of hydrogen-bond acceptors (Lipinski definition) is 5. The summed E-state index contributed by atoms with van der Waals surface area (Å²) in [5.41, 5.74) is -0.982. The van der Waals surface area contributed by atoms with E-state index in [2.05, 4.69) is 12.6 Å². The fourth-order valence-corrected chi connectivity index (χ4v) is 5.71. The van der Waals surface area contributed by atoms with Gasteiger partial charge in [0.1, 0.15) is 0 Å². The Hall–Kier alpha value is -1.83. The van der Waals surface area contributed by atoms with E-state index in [0.29, 0.717) is 30.8 Å². The lowest BCUT2D eigenvalue weighted by Crippen LogP contribution is -2.60. The Morgan fingerprint density at radius 3 is 2.61 bits per heavy atom. The average molecular weight is 317 g/mol. The number of hydrogen-bond donors (Lipinski definition) is 0. The number of methoxy groups -OCH3 is 1. The summed E-state index contributed by atoms with van der Waals surface area (Å²) >= 11 is 0. The van der Waals surface area contributed by atoms with Crippen LogP contribution < -0.4 is 0 Å². The van der Waals surface area contributed by atoms with Crippen molar-refractivity contribution in [2.45, 2.75) is 45.4 Å². The van der Waals surface area contributed by atoms with Crippen molar-refractivity contribution in [2.75, 3.05) is 13.7 Å². The number of carbonyl (C=O) groups excluding carboxylic acids is 2. The summed E-state index contributed by atoms with van der Waals surface area (Å²) in [6.45, 7) is 5.49. The molecular weight excluding hydrogens is 294 g/mol. The number of esters is 2. The van der Waals surface area contributed by atoms with Crippen LogP contribution in [0.5, 0.6) is 0 Å². The van der Waals surface area contributed by atoms with Crippen LogP contribution in [0.1, 0.15) is 45.4 Å². The van der Waals surface area contributed by atoms with E-state index in [1.165, 1.54) is 7.11 Å². The zero-order valence-electron chi connectivity index (χ0n) is 13.8. The van der Waals surface area contributed by atoms with Gasteiger partial charge in [0.05, 0.1) is 30.6 Å². The first-order valence-corrected chi connectivity index (χ1v) is 8.10. The van der Waals surface area contributed by atoms with E-state index >= 15 is 0 Å². The molecule has 0 heterocycles. The van der Waals surface area contributed by atoms with Crippen LogP contribution in [0.2, 0.25) is 0 Å². The minimum Gasteiger partial charge on any atom is -0.469 e. The van der Waals surface area contributed by atoms with E-state index in [1.807, 2.05) is 0 Å². The molecule has 0 amide bonds. The third-order valence-corrected chi connectivity index (χ3v) is 5.90. The molecule has 4 saturated carbocycles. The number of rotatable bonds is 4. The monoisotopic (exact) mass is 317 g/mol. The van der Waals surface area contributed by atoms with Crippen LogP contribution in [0.15, 0.2) is 12.2 Å². The molecule has 4 unspecified atom stereocenters. The zero-order chi connectivity index (χ0) is 16.9. The molecule has 4 fully saturated rings. The second-order valence-electron chi connectivity index (χ2n) is 8.03. The number of nitrogens with zero attached hydrogens (tertiary/aromatic N) is 1. The average Bonchev–Trinajstić information content (AvgIpc) is 2.50. The molecule has 0 aliphatic heterocycles. The summed E-state index contributed by atoms with van der Waals surface area (Å²) in [5.74, 6) is -0.288. The minimum atomic E-state index is -0.584. The van der Waals surface area contributed by atoms with Gasteiger partial charge in [-0.3, -0.25) is 4.79 Å². The van der Waals surface area contributed by atoms with Gasteiger partial charge in [0.15, 0.2) is 0 Å². The van der Waals surface area contributed by atoms with Crippen LogP contribution >= 0.6 is 0 Å². The standard InChI is InChI=1S/C18H23NO4/c1-12(2)14(20)23-11-17-5-13-4-16(7-17,10-19)8-18(6-13,9-17)15(21)22-3/h13H,1,4-9,11H2,2-3H3. The van der Waals surface area contributed by atoms with Gasteiger partial charge in [-0.25, -0.2) is 4.79 Å². The number of carbonyl (C=O) groups is 2. The van der Waals surface area contributed by atoms with Gasteiger partial charge in [0.25, 0.3) is 0 Å². The Kier molecular flexibility index (Phi) is 3.55. The van der Waals surface area contributed by atoms with Gasteiger partial charge in [-0.15, -0.1) is 0 Å². The molecule has 0 radical (unpaired) electrons. The molecule has 23 heavy (non-hydrogen) atoms. The molecule has 5 heteroatoms. The molecule has 0 saturated heterocycles. The summed E-state index contributed by atoms with van der Waals surface area (Å²) in [6, 6.07) is 2.48. The summed E-state index contributed by atoms with van der Waals surface area (Å²) < 4.78 is 10.5. The predicted octanol–water partition coefficient (Wildman–Crippen LogP) is 2.76. The summed E-state index contributed by atoms with van der Waals surface area (Å²) in [5, 5.41) is 9.76. The Bertz CT molecular complexity index is 621. The van der Waals surface area contributed by atoms with Crippen molar-refractivity contribution in [3.63, 3.8) is 0 Å². The van der Waals surface area contributed by atoms with E-state index in [9.17, 15) is 14.9 Å². The van der Waals surface area contributed by atoms with Crippen LogP contribution in [0.4, 0.5) is 0 Å². The third-order valence-electron chi connectivity index (χ3n) is 5.90. The Morgan fingerprint density at radius 1 is 1.26 bits per heavy atom. The predicted molar refractivity (Wildman–Crippen MR) is 81.9 cm³/mol. The van der Waals surface area contributed by atoms with Gasteiger partial charge in [-0.05, 0) is 51.4 Å². The second kappa shape index (κ2) is 5.09. The first-order chi connectivity index (χ1) is 10.8. The van der Waals surface area contributed by atoms with Crippen molar-refractivity contribution < 1.29 is 19.1 Å². The van der Waals surface area contributed by atoms with Crippen LogP contribution in [-0.2, 0) is 19.1 Å². The molecule has 4 aliphatic rings. The zero-order valence-corrected chi connectivity index (χ0v) is 13.8. The maximum Gasteiger partial charge on any atom is 0.333 e. The van der Waals surface area contributed by atoms with E-state index in [4.69, 9.17) is 9.47 Å². The maximum atomic E-state index is 12.5. The molecule has 0 spiro atoms. The van der Waals surface area contributed by atoms with E-state index in [1.54, 1.807) is 6.92 Å². The summed E-state index contributed by atoms with van der Waals surface area (Å²) in [7, 11) is 1.41. The van der Waals surface area contributed by atoms with Crippen molar-refractivity contribution >= 4 is 11.9 Å². The highest BCUT2D eigenvalue weighted by molar-refractivity contribution is 5.87. The van der Waals surface area contributed by atoms with Gasteiger partial charge in [-0.1, -0.05) is 6.58 Å². The molecule has 4 atom stereocenters. The Labute approximate surface area is 136 Å². The lowest BCUT2D eigenvalue weighted by atomic mass is 9.40. The van der Waals surface area contributed by atoms with Gasteiger partial charge in [-0.2, -0.15) is 5.26 Å². The number of ether oxygens (including phenoxy) is 2. The maximum absolute atomic E-state index is 12.5. The summed E-state index contributed by atoms with van der Waals surface area (Å²) in [6.07, 6.45) is 4.48. The molecule has 0 aromatic heterocycles. The topological polar surface area (TPSA) is 76.4 Å². The molecule has 0 aromatic carbocycles. The smallest absolute Gasteiger partial charge is 0.333 e. The Balaban J connectivity index is 1.90. The highest BCUT2D eigenvalue weighted by Gasteiger charge is 2.66. The first-order valence-electron chi connectivity index (χ1n) is 8.10.